The second kappa shape index (κ2) is 6.92. The summed E-state index contributed by atoms with van der Waals surface area (Å²) in [7, 11) is 2.03. The molecule has 0 aromatic heterocycles. The molecule has 3 nitrogen and oxygen atoms in total. The second-order valence-corrected chi connectivity index (χ2v) is 8.11. The SMILES string of the molecule is CN(C(=O)C1CSCCS1)C1CC2CCC(C1)N2.Cl. The van der Waals surface area contributed by atoms with Crippen LogP contribution in [0.25, 0.3) is 0 Å². The van der Waals surface area contributed by atoms with Gasteiger partial charge in [-0.15, -0.1) is 24.2 Å². The molecule has 19 heavy (non-hydrogen) atoms. The fraction of sp³-hybridized carbons (Fsp3) is 0.923. The van der Waals surface area contributed by atoms with Crippen molar-refractivity contribution in [1.29, 1.82) is 0 Å². The molecule has 3 saturated heterocycles. The fourth-order valence-electron chi connectivity index (χ4n) is 3.38. The van der Waals surface area contributed by atoms with Crippen LogP contribution in [0.1, 0.15) is 25.7 Å². The molecular formula is C13H23ClN2OS2. The highest BCUT2D eigenvalue weighted by Gasteiger charge is 2.37. The topological polar surface area (TPSA) is 32.3 Å². The van der Waals surface area contributed by atoms with Gasteiger partial charge in [-0.1, -0.05) is 0 Å². The first-order valence-electron chi connectivity index (χ1n) is 6.96. The Morgan fingerprint density at radius 3 is 2.47 bits per heavy atom. The lowest BCUT2D eigenvalue weighted by atomic mass is 9.98. The van der Waals surface area contributed by atoms with Crippen LogP contribution >= 0.6 is 35.9 Å². The highest BCUT2D eigenvalue weighted by atomic mass is 35.5. The summed E-state index contributed by atoms with van der Waals surface area (Å²) >= 11 is 3.78. The predicted molar refractivity (Wildman–Crippen MR) is 86.6 cm³/mol. The molecule has 1 N–H and O–H groups in total. The van der Waals surface area contributed by atoms with E-state index < -0.39 is 0 Å². The van der Waals surface area contributed by atoms with Crippen LogP contribution in [0, 0.1) is 0 Å². The van der Waals surface area contributed by atoms with Gasteiger partial charge in [0.25, 0.3) is 0 Å². The summed E-state index contributed by atoms with van der Waals surface area (Å²) in [6.45, 7) is 0. The third-order valence-electron chi connectivity index (χ3n) is 4.43. The Hall–Kier alpha value is 0.420. The summed E-state index contributed by atoms with van der Waals surface area (Å²) in [6.07, 6.45) is 4.92. The molecule has 3 atom stereocenters. The molecule has 0 aromatic rings. The first-order chi connectivity index (χ1) is 8.74. The lowest BCUT2D eigenvalue weighted by molar-refractivity contribution is -0.131. The van der Waals surface area contributed by atoms with E-state index in [2.05, 4.69) is 10.2 Å². The van der Waals surface area contributed by atoms with Crippen LogP contribution in [0.5, 0.6) is 0 Å². The minimum atomic E-state index is 0. The van der Waals surface area contributed by atoms with Crippen molar-refractivity contribution in [3.8, 4) is 0 Å². The fourth-order valence-corrected chi connectivity index (χ4v) is 6.03. The van der Waals surface area contributed by atoms with Crippen LogP contribution in [-0.4, -0.2) is 58.5 Å². The standard InChI is InChI=1S/C13H22N2OS2.ClH/c1-15(13(16)12-8-17-4-5-18-12)11-6-9-2-3-10(7-11)14-9;/h9-12,14H,2-8H2,1H3;1H. The number of amides is 1. The minimum Gasteiger partial charge on any atom is -0.342 e. The van der Waals surface area contributed by atoms with E-state index in [1.165, 1.54) is 18.6 Å². The largest absolute Gasteiger partial charge is 0.342 e. The van der Waals surface area contributed by atoms with E-state index in [0.29, 0.717) is 24.0 Å². The van der Waals surface area contributed by atoms with Gasteiger partial charge in [-0.2, -0.15) is 11.8 Å². The summed E-state index contributed by atoms with van der Waals surface area (Å²) in [5.74, 6) is 3.71. The number of halogens is 1. The van der Waals surface area contributed by atoms with E-state index in [1.807, 2.05) is 30.6 Å². The molecule has 3 aliphatic heterocycles. The third-order valence-corrected chi connectivity index (χ3v) is 7.18. The number of fused-ring (bicyclic) bond motifs is 2. The van der Waals surface area contributed by atoms with Crippen LogP contribution in [0.3, 0.4) is 0 Å². The number of carbonyl (C=O) groups is 1. The van der Waals surface area contributed by atoms with E-state index >= 15 is 0 Å². The molecule has 0 aromatic carbocycles. The molecule has 3 heterocycles. The third kappa shape index (κ3) is 3.55. The Labute approximate surface area is 130 Å². The van der Waals surface area contributed by atoms with Crippen molar-refractivity contribution in [3.63, 3.8) is 0 Å². The molecule has 0 aliphatic carbocycles. The Morgan fingerprint density at radius 1 is 1.21 bits per heavy atom. The van der Waals surface area contributed by atoms with Gasteiger partial charge in [-0.25, -0.2) is 0 Å². The average Bonchev–Trinajstić information content (AvgIpc) is 2.77. The molecule has 1 amide bonds. The van der Waals surface area contributed by atoms with Gasteiger partial charge in [0.1, 0.15) is 0 Å². The Morgan fingerprint density at radius 2 is 1.89 bits per heavy atom. The van der Waals surface area contributed by atoms with Gasteiger partial charge in [0, 0.05) is 42.4 Å². The minimum absolute atomic E-state index is 0. The van der Waals surface area contributed by atoms with Crippen molar-refractivity contribution in [2.75, 3.05) is 24.3 Å². The summed E-state index contributed by atoms with van der Waals surface area (Å²) in [5.41, 5.74) is 0. The van der Waals surface area contributed by atoms with Crippen molar-refractivity contribution >= 4 is 41.8 Å². The monoisotopic (exact) mass is 322 g/mol. The molecule has 110 valence electrons. The maximum atomic E-state index is 12.5. The zero-order valence-corrected chi connectivity index (χ0v) is 13.8. The molecule has 3 aliphatic rings. The van der Waals surface area contributed by atoms with Crippen molar-refractivity contribution < 1.29 is 4.79 Å². The molecular weight excluding hydrogens is 300 g/mol. The van der Waals surface area contributed by atoms with Crippen LogP contribution < -0.4 is 5.32 Å². The van der Waals surface area contributed by atoms with Gasteiger partial charge in [-0.3, -0.25) is 4.79 Å². The molecule has 3 rings (SSSR count). The number of carbonyl (C=O) groups excluding carboxylic acids is 1. The van der Waals surface area contributed by atoms with Crippen molar-refractivity contribution in [2.45, 2.75) is 49.1 Å². The smallest absolute Gasteiger partial charge is 0.236 e. The van der Waals surface area contributed by atoms with E-state index in [-0.39, 0.29) is 17.7 Å². The summed E-state index contributed by atoms with van der Waals surface area (Å²) in [6, 6.07) is 1.80. The molecule has 0 saturated carbocycles. The Balaban J connectivity index is 0.00000133. The van der Waals surface area contributed by atoms with Gasteiger partial charge in [0.15, 0.2) is 0 Å². The number of hydrogen-bond donors (Lipinski definition) is 1. The van der Waals surface area contributed by atoms with Gasteiger partial charge in [0.05, 0.1) is 5.25 Å². The summed E-state index contributed by atoms with van der Waals surface area (Å²) < 4.78 is 0. The first kappa shape index (κ1) is 15.8. The van der Waals surface area contributed by atoms with E-state index in [9.17, 15) is 4.79 Å². The normalized spacial score (nSPS) is 37.5. The summed E-state index contributed by atoms with van der Waals surface area (Å²) in [5, 5.41) is 3.86. The molecule has 6 heteroatoms. The maximum Gasteiger partial charge on any atom is 0.236 e. The van der Waals surface area contributed by atoms with Gasteiger partial charge < -0.3 is 10.2 Å². The van der Waals surface area contributed by atoms with Crippen LogP contribution in [0.2, 0.25) is 0 Å². The van der Waals surface area contributed by atoms with E-state index in [0.717, 1.165) is 24.3 Å². The molecule has 2 bridgehead atoms. The van der Waals surface area contributed by atoms with Crippen molar-refractivity contribution in [1.82, 2.24) is 10.2 Å². The lowest BCUT2D eigenvalue weighted by Gasteiger charge is -2.37. The highest BCUT2D eigenvalue weighted by molar-refractivity contribution is 8.07. The van der Waals surface area contributed by atoms with Crippen molar-refractivity contribution in [3.05, 3.63) is 0 Å². The Kier molecular flexibility index (Phi) is 5.76. The number of hydrogen-bond acceptors (Lipinski definition) is 4. The first-order valence-corrected chi connectivity index (χ1v) is 9.16. The highest BCUT2D eigenvalue weighted by Crippen LogP contribution is 2.31. The number of thioether (sulfide) groups is 2. The molecule has 3 fully saturated rings. The quantitative estimate of drug-likeness (QED) is 0.843. The number of nitrogens with zero attached hydrogens (tertiary/aromatic N) is 1. The van der Waals surface area contributed by atoms with Crippen molar-refractivity contribution in [2.24, 2.45) is 0 Å². The Bertz CT molecular complexity index is 314. The van der Waals surface area contributed by atoms with Crippen LogP contribution in [0.4, 0.5) is 0 Å². The van der Waals surface area contributed by atoms with E-state index in [4.69, 9.17) is 0 Å². The zero-order valence-electron chi connectivity index (χ0n) is 11.3. The van der Waals surface area contributed by atoms with Gasteiger partial charge >= 0.3 is 0 Å². The molecule has 0 radical (unpaired) electrons. The average molecular weight is 323 g/mol. The van der Waals surface area contributed by atoms with Gasteiger partial charge in [0.2, 0.25) is 5.91 Å². The number of nitrogens with one attached hydrogen (secondary N) is 1. The summed E-state index contributed by atoms with van der Waals surface area (Å²) in [4.78, 5) is 14.6. The number of piperidine rings is 1. The van der Waals surface area contributed by atoms with Gasteiger partial charge in [-0.05, 0) is 25.7 Å². The van der Waals surface area contributed by atoms with Crippen LogP contribution in [-0.2, 0) is 4.79 Å². The zero-order chi connectivity index (χ0) is 12.5. The molecule has 3 unspecified atom stereocenters. The molecule has 0 spiro atoms. The number of rotatable bonds is 2. The maximum absolute atomic E-state index is 12.5. The predicted octanol–water partition coefficient (Wildman–Crippen LogP) is 2.00. The lowest BCUT2D eigenvalue weighted by Crippen LogP contribution is -2.51. The van der Waals surface area contributed by atoms with E-state index in [1.54, 1.807) is 0 Å². The van der Waals surface area contributed by atoms with Crippen LogP contribution in [0.15, 0.2) is 0 Å². The second-order valence-electron chi connectivity index (χ2n) is 5.65.